The normalized spacial score (nSPS) is 9.96. The highest BCUT2D eigenvalue weighted by atomic mass is 35.5. The molecule has 0 heterocycles. The highest BCUT2D eigenvalue weighted by Gasteiger charge is 2.09. The zero-order valence-electron chi connectivity index (χ0n) is 16.1. The van der Waals surface area contributed by atoms with Crippen molar-refractivity contribution < 1.29 is 24.1 Å². The predicted molar refractivity (Wildman–Crippen MR) is 111 cm³/mol. The Morgan fingerprint density at radius 1 is 1.04 bits per heavy atom. The van der Waals surface area contributed by atoms with Crippen LogP contribution in [0.3, 0.4) is 0 Å². The number of methoxy groups -OCH3 is 2. The van der Waals surface area contributed by atoms with Gasteiger partial charge in [-0.3, -0.25) is 4.79 Å². The number of nitrogens with one attached hydrogen (secondary N) is 2. The molecule has 0 radical (unpaired) electrons. The summed E-state index contributed by atoms with van der Waals surface area (Å²) in [6, 6.07) is 12.6. The van der Waals surface area contributed by atoms with Crippen LogP contribution in [-0.4, -0.2) is 45.0 Å². The Kier molecular flexibility index (Phi) is 10.8. The molecule has 0 spiro atoms. The molecule has 154 valence electrons. The minimum atomic E-state index is -0.267. The van der Waals surface area contributed by atoms with Gasteiger partial charge in [0.05, 0.1) is 14.2 Å². The third-order valence-corrected chi connectivity index (χ3v) is 3.80. The standard InChI is InChI=1S/C20H26N2O5.ClH/c1-25-17-7-5-16(6-8-17)22-20(24)14-27-18-9-4-15(12-19(18)26-2)13-21-10-3-11-23;/h4-9,12,21,23H,3,10-11,13-14H2,1-2H3,(H,22,24);1H. The van der Waals surface area contributed by atoms with Crippen molar-refractivity contribution >= 4 is 24.0 Å². The van der Waals surface area contributed by atoms with Crippen LogP contribution in [0.1, 0.15) is 12.0 Å². The average molecular weight is 411 g/mol. The van der Waals surface area contributed by atoms with Crippen molar-refractivity contribution in [2.24, 2.45) is 0 Å². The Morgan fingerprint density at radius 3 is 2.43 bits per heavy atom. The number of carbonyl (C=O) groups is 1. The number of hydrogen-bond donors (Lipinski definition) is 3. The van der Waals surface area contributed by atoms with E-state index in [9.17, 15) is 4.79 Å². The lowest BCUT2D eigenvalue weighted by molar-refractivity contribution is -0.118. The number of halogens is 1. The van der Waals surface area contributed by atoms with Crippen LogP contribution < -0.4 is 24.8 Å². The Bertz CT molecular complexity index is 725. The minimum Gasteiger partial charge on any atom is -0.497 e. The molecule has 1 amide bonds. The van der Waals surface area contributed by atoms with Crippen molar-refractivity contribution in [2.45, 2.75) is 13.0 Å². The zero-order valence-corrected chi connectivity index (χ0v) is 16.9. The fourth-order valence-corrected chi connectivity index (χ4v) is 2.39. The van der Waals surface area contributed by atoms with E-state index in [1.807, 2.05) is 12.1 Å². The van der Waals surface area contributed by atoms with Gasteiger partial charge in [0.25, 0.3) is 5.91 Å². The fraction of sp³-hybridized carbons (Fsp3) is 0.350. The van der Waals surface area contributed by atoms with Crippen LogP contribution in [0.2, 0.25) is 0 Å². The summed E-state index contributed by atoms with van der Waals surface area (Å²) in [7, 11) is 3.15. The molecule has 2 aromatic carbocycles. The van der Waals surface area contributed by atoms with Gasteiger partial charge in [-0.15, -0.1) is 12.4 Å². The molecule has 2 rings (SSSR count). The van der Waals surface area contributed by atoms with E-state index in [1.54, 1.807) is 44.6 Å². The summed E-state index contributed by atoms with van der Waals surface area (Å²) in [6.45, 7) is 1.44. The monoisotopic (exact) mass is 410 g/mol. The van der Waals surface area contributed by atoms with E-state index >= 15 is 0 Å². The molecule has 0 saturated heterocycles. The van der Waals surface area contributed by atoms with Crippen molar-refractivity contribution in [1.82, 2.24) is 5.32 Å². The molecule has 0 atom stereocenters. The van der Waals surface area contributed by atoms with Gasteiger partial charge in [-0.1, -0.05) is 6.07 Å². The molecule has 0 unspecified atom stereocenters. The Morgan fingerprint density at radius 2 is 1.79 bits per heavy atom. The summed E-state index contributed by atoms with van der Waals surface area (Å²) >= 11 is 0. The number of aliphatic hydroxyl groups is 1. The number of rotatable bonds is 11. The number of aliphatic hydroxyl groups excluding tert-OH is 1. The zero-order chi connectivity index (χ0) is 19.5. The highest BCUT2D eigenvalue weighted by Crippen LogP contribution is 2.28. The van der Waals surface area contributed by atoms with Crippen molar-refractivity contribution in [1.29, 1.82) is 0 Å². The van der Waals surface area contributed by atoms with Gasteiger partial charge < -0.3 is 30.0 Å². The van der Waals surface area contributed by atoms with E-state index in [4.69, 9.17) is 19.3 Å². The number of benzene rings is 2. The molecule has 0 bridgehead atoms. The Balaban J connectivity index is 0.00000392. The quantitative estimate of drug-likeness (QED) is 0.493. The topological polar surface area (TPSA) is 89.1 Å². The van der Waals surface area contributed by atoms with Crippen LogP contribution in [-0.2, 0) is 11.3 Å². The Labute approximate surface area is 171 Å². The van der Waals surface area contributed by atoms with Crippen molar-refractivity contribution in [2.75, 3.05) is 39.3 Å². The smallest absolute Gasteiger partial charge is 0.262 e. The van der Waals surface area contributed by atoms with E-state index in [2.05, 4.69) is 10.6 Å². The van der Waals surface area contributed by atoms with Gasteiger partial charge in [-0.05, 0) is 54.9 Å². The van der Waals surface area contributed by atoms with Gasteiger partial charge in [0, 0.05) is 18.8 Å². The lowest BCUT2D eigenvalue weighted by Crippen LogP contribution is -2.20. The first-order valence-corrected chi connectivity index (χ1v) is 8.71. The molecule has 0 aliphatic heterocycles. The second-order valence-corrected chi connectivity index (χ2v) is 5.80. The number of carbonyl (C=O) groups excluding carboxylic acids is 1. The van der Waals surface area contributed by atoms with Crippen molar-refractivity contribution in [3.63, 3.8) is 0 Å². The van der Waals surface area contributed by atoms with Crippen LogP contribution in [0.5, 0.6) is 17.2 Å². The van der Waals surface area contributed by atoms with Gasteiger partial charge in [0.2, 0.25) is 0 Å². The summed E-state index contributed by atoms with van der Waals surface area (Å²) in [6.07, 6.45) is 0.710. The van der Waals surface area contributed by atoms with E-state index in [-0.39, 0.29) is 31.5 Å². The first-order chi connectivity index (χ1) is 13.2. The second-order valence-electron chi connectivity index (χ2n) is 5.80. The third-order valence-electron chi connectivity index (χ3n) is 3.80. The molecule has 0 aliphatic carbocycles. The molecule has 8 heteroatoms. The summed E-state index contributed by atoms with van der Waals surface area (Å²) < 4.78 is 16.0. The number of amides is 1. The van der Waals surface area contributed by atoms with Crippen molar-refractivity contribution in [3.8, 4) is 17.2 Å². The SMILES string of the molecule is COc1ccc(NC(=O)COc2ccc(CNCCCO)cc2OC)cc1.Cl. The van der Waals surface area contributed by atoms with Gasteiger partial charge in [0.15, 0.2) is 18.1 Å². The molecule has 7 nitrogen and oxygen atoms in total. The summed E-state index contributed by atoms with van der Waals surface area (Å²) in [5.41, 5.74) is 1.69. The van der Waals surface area contributed by atoms with E-state index in [0.29, 0.717) is 30.2 Å². The number of anilines is 1. The van der Waals surface area contributed by atoms with Gasteiger partial charge in [-0.2, -0.15) is 0 Å². The molecule has 0 aliphatic rings. The minimum absolute atomic E-state index is 0. The maximum Gasteiger partial charge on any atom is 0.262 e. The first kappa shape index (κ1) is 23.6. The Hall–Kier alpha value is -2.48. The van der Waals surface area contributed by atoms with Crippen molar-refractivity contribution in [3.05, 3.63) is 48.0 Å². The van der Waals surface area contributed by atoms with E-state index in [0.717, 1.165) is 17.9 Å². The fourth-order valence-electron chi connectivity index (χ4n) is 2.39. The summed E-state index contributed by atoms with van der Waals surface area (Å²) in [5, 5.41) is 14.8. The predicted octanol–water partition coefficient (Wildman–Crippen LogP) is 2.62. The molecule has 2 aromatic rings. The van der Waals surface area contributed by atoms with Crippen LogP contribution in [0, 0.1) is 0 Å². The van der Waals surface area contributed by atoms with Gasteiger partial charge in [0.1, 0.15) is 5.75 Å². The maximum atomic E-state index is 12.1. The molecule has 0 saturated carbocycles. The van der Waals surface area contributed by atoms with Crippen LogP contribution in [0.25, 0.3) is 0 Å². The van der Waals surface area contributed by atoms with Gasteiger partial charge in [-0.25, -0.2) is 0 Å². The lowest BCUT2D eigenvalue weighted by atomic mass is 10.2. The first-order valence-electron chi connectivity index (χ1n) is 8.71. The molecule has 0 aromatic heterocycles. The third kappa shape index (κ3) is 7.64. The number of hydrogen-bond acceptors (Lipinski definition) is 6. The molecule has 0 fully saturated rings. The maximum absolute atomic E-state index is 12.1. The molecule has 28 heavy (non-hydrogen) atoms. The van der Waals surface area contributed by atoms with Gasteiger partial charge >= 0.3 is 0 Å². The molecule has 3 N–H and O–H groups in total. The van der Waals surface area contributed by atoms with Crippen LogP contribution >= 0.6 is 12.4 Å². The summed E-state index contributed by atoms with van der Waals surface area (Å²) in [5.74, 6) is 1.52. The number of ether oxygens (including phenoxy) is 3. The van der Waals surface area contributed by atoms with E-state index in [1.165, 1.54) is 0 Å². The second kappa shape index (κ2) is 12.8. The van der Waals surface area contributed by atoms with Crippen LogP contribution in [0.4, 0.5) is 5.69 Å². The lowest BCUT2D eigenvalue weighted by Gasteiger charge is -2.13. The average Bonchev–Trinajstić information content (AvgIpc) is 2.70. The van der Waals surface area contributed by atoms with Crippen LogP contribution in [0.15, 0.2) is 42.5 Å². The summed E-state index contributed by atoms with van der Waals surface area (Å²) in [4.78, 5) is 12.1. The molecular weight excluding hydrogens is 384 g/mol. The highest BCUT2D eigenvalue weighted by molar-refractivity contribution is 5.91. The molecular formula is C20H27ClN2O5. The largest absolute Gasteiger partial charge is 0.497 e. The van der Waals surface area contributed by atoms with E-state index < -0.39 is 0 Å².